The molecule has 0 saturated carbocycles. The summed E-state index contributed by atoms with van der Waals surface area (Å²) in [6.45, 7) is 13.7. The first-order valence-corrected chi connectivity index (χ1v) is 15.6. The number of ether oxygens (including phenoxy) is 2. The van der Waals surface area contributed by atoms with E-state index in [2.05, 4.69) is 131 Å². The van der Waals surface area contributed by atoms with Crippen molar-refractivity contribution in [3.8, 4) is 23.0 Å². The Morgan fingerprint density at radius 2 is 1.10 bits per heavy atom. The van der Waals surface area contributed by atoms with Gasteiger partial charge in [0, 0.05) is 43.7 Å². The van der Waals surface area contributed by atoms with E-state index < -0.39 is 8.80 Å². The number of hydrogen-bond acceptors (Lipinski definition) is 3. The van der Waals surface area contributed by atoms with E-state index in [0.29, 0.717) is 0 Å². The van der Waals surface area contributed by atoms with Gasteiger partial charge in [-0.2, -0.15) is 0 Å². The fourth-order valence-electron chi connectivity index (χ4n) is 6.64. The predicted molar refractivity (Wildman–Crippen MR) is 167 cm³/mol. The van der Waals surface area contributed by atoms with Crippen LogP contribution in [0.1, 0.15) is 52.7 Å². The van der Waals surface area contributed by atoms with Gasteiger partial charge < -0.3 is 14.4 Å². The van der Waals surface area contributed by atoms with Crippen molar-refractivity contribution >= 4 is 52.2 Å². The smallest absolute Gasteiger partial charge is 0.179 e. The fraction of sp³-hybridized carbons (Fsp3) is 0.222. The van der Waals surface area contributed by atoms with Gasteiger partial charge in [0.1, 0.15) is 23.0 Å². The molecule has 1 radical (unpaired) electrons. The molecule has 3 nitrogen and oxygen atoms in total. The van der Waals surface area contributed by atoms with Crippen LogP contribution in [0, 0.1) is 0 Å². The van der Waals surface area contributed by atoms with Gasteiger partial charge in [-0.15, -0.1) is 0 Å². The van der Waals surface area contributed by atoms with Crippen LogP contribution in [0.2, 0.25) is 0 Å². The molecule has 40 heavy (non-hydrogen) atoms. The van der Waals surface area contributed by atoms with Crippen LogP contribution in [0.25, 0.3) is 10.8 Å². The largest absolute Gasteiger partial charge is 0.457 e. The van der Waals surface area contributed by atoms with Gasteiger partial charge >= 0.3 is 0 Å². The Morgan fingerprint density at radius 1 is 0.550 bits per heavy atom. The molecular weight excluding hydrogens is 506 g/mol. The fourth-order valence-corrected chi connectivity index (χ4v) is 9.88. The molecule has 5 aromatic rings. The number of anilines is 3. The summed E-state index contributed by atoms with van der Waals surface area (Å²) in [4.78, 5) is 2.45. The maximum atomic E-state index is 6.88. The lowest BCUT2D eigenvalue weighted by molar-refractivity contribution is 0.441. The molecule has 0 spiro atoms. The van der Waals surface area contributed by atoms with Crippen LogP contribution in [-0.2, 0) is 10.8 Å². The van der Waals surface area contributed by atoms with Crippen molar-refractivity contribution in [2.24, 2.45) is 0 Å². The number of fused-ring (bicyclic) bond motifs is 1. The summed E-state index contributed by atoms with van der Waals surface area (Å²) in [6, 6.07) is 30.9. The van der Waals surface area contributed by atoms with Crippen molar-refractivity contribution < 1.29 is 9.47 Å². The quantitative estimate of drug-likeness (QED) is 0.198. The molecule has 0 saturated heterocycles. The van der Waals surface area contributed by atoms with Crippen LogP contribution in [0.3, 0.4) is 0 Å². The molecule has 4 heteroatoms. The first-order valence-electron chi connectivity index (χ1n) is 14.1. The normalized spacial score (nSPS) is 15.0. The molecule has 8 rings (SSSR count). The summed E-state index contributed by atoms with van der Waals surface area (Å²) in [6.07, 6.45) is 0. The van der Waals surface area contributed by atoms with Gasteiger partial charge in [-0.1, -0.05) is 90.1 Å². The summed E-state index contributed by atoms with van der Waals surface area (Å²) in [7, 11) is -1.40. The lowest BCUT2D eigenvalue weighted by atomic mass is 9.85. The standard InChI is InChI=1S/C36H32NO2Si/c1-35(2,3)24-16-18-26-32-30(24)38-28-12-9-13-29-34(28)40(32)33-27(19-17-25(31(33)39-29)36(4,5)6)37(26)23-15-14-21-10-7-8-11-22(21)20-23/h7-20H,1-6H3. The van der Waals surface area contributed by atoms with Gasteiger partial charge in [-0.3, -0.25) is 0 Å². The first-order chi connectivity index (χ1) is 19.1. The maximum absolute atomic E-state index is 6.88. The average Bonchev–Trinajstić information content (AvgIpc) is 2.91. The first kappa shape index (κ1) is 23.8. The third-order valence-electron chi connectivity index (χ3n) is 8.52. The minimum atomic E-state index is -1.40. The minimum absolute atomic E-state index is 0.0583. The van der Waals surface area contributed by atoms with Crippen LogP contribution in [-0.4, -0.2) is 8.80 Å². The molecule has 3 aliphatic heterocycles. The van der Waals surface area contributed by atoms with E-state index in [1.54, 1.807) is 0 Å². The van der Waals surface area contributed by atoms with E-state index >= 15 is 0 Å². The molecule has 3 heterocycles. The Bertz CT molecular complexity index is 1800. The molecule has 0 N–H and O–H groups in total. The molecule has 0 amide bonds. The molecular formula is C36H32NO2Si. The second-order valence-corrected chi connectivity index (χ2v) is 15.5. The monoisotopic (exact) mass is 538 g/mol. The van der Waals surface area contributed by atoms with E-state index in [4.69, 9.17) is 9.47 Å². The number of hydrogen-bond donors (Lipinski definition) is 0. The summed E-state index contributed by atoms with van der Waals surface area (Å²) in [5.41, 5.74) is 5.98. The average molecular weight is 539 g/mol. The second-order valence-electron chi connectivity index (χ2n) is 13.2. The second kappa shape index (κ2) is 7.79. The predicted octanol–water partition coefficient (Wildman–Crippen LogP) is 7.95. The summed E-state index contributed by atoms with van der Waals surface area (Å²) in [5, 5.41) is 6.40. The molecule has 0 bridgehead atoms. The van der Waals surface area contributed by atoms with Crippen molar-refractivity contribution in [2.45, 2.75) is 52.4 Å². The van der Waals surface area contributed by atoms with Crippen molar-refractivity contribution in [1.29, 1.82) is 0 Å². The summed E-state index contributed by atoms with van der Waals surface area (Å²) in [5.74, 6) is 3.96. The van der Waals surface area contributed by atoms with Gasteiger partial charge in [0.25, 0.3) is 0 Å². The van der Waals surface area contributed by atoms with E-state index in [0.717, 1.165) is 28.7 Å². The number of benzene rings is 5. The van der Waals surface area contributed by atoms with Crippen LogP contribution in [0.4, 0.5) is 17.1 Å². The highest BCUT2D eigenvalue weighted by molar-refractivity contribution is 7.00. The van der Waals surface area contributed by atoms with Gasteiger partial charge in [-0.05, 0) is 58.0 Å². The van der Waals surface area contributed by atoms with Gasteiger partial charge in [0.05, 0.1) is 0 Å². The van der Waals surface area contributed by atoms with Gasteiger partial charge in [-0.25, -0.2) is 0 Å². The molecule has 3 aliphatic rings. The summed E-state index contributed by atoms with van der Waals surface area (Å²) >= 11 is 0. The Labute approximate surface area is 237 Å². The highest BCUT2D eigenvalue weighted by Crippen LogP contribution is 2.49. The Kier molecular flexibility index (Phi) is 4.64. The molecule has 0 fully saturated rings. The van der Waals surface area contributed by atoms with Crippen molar-refractivity contribution in [2.75, 3.05) is 4.90 Å². The van der Waals surface area contributed by atoms with E-state index in [1.807, 2.05) is 0 Å². The van der Waals surface area contributed by atoms with Gasteiger partial charge in [0.15, 0.2) is 8.80 Å². The lowest BCUT2D eigenvalue weighted by Crippen LogP contribution is -2.62. The maximum Gasteiger partial charge on any atom is 0.179 e. The van der Waals surface area contributed by atoms with Crippen LogP contribution in [0.5, 0.6) is 23.0 Å². The third kappa shape index (κ3) is 3.17. The van der Waals surface area contributed by atoms with E-state index in [-0.39, 0.29) is 10.8 Å². The SMILES string of the molecule is CC(C)(C)c1ccc2c3c1Oc1cccc4c1[Si]3c1c(ccc(C(C)(C)C)c1O4)N2c1ccc2ccccc2c1. The van der Waals surface area contributed by atoms with Crippen molar-refractivity contribution in [3.05, 3.63) is 96.1 Å². The Morgan fingerprint density at radius 3 is 1.65 bits per heavy atom. The van der Waals surface area contributed by atoms with Crippen LogP contribution in [0.15, 0.2) is 84.9 Å². The zero-order chi connectivity index (χ0) is 27.6. The van der Waals surface area contributed by atoms with Crippen molar-refractivity contribution in [3.63, 3.8) is 0 Å². The van der Waals surface area contributed by atoms with Crippen LogP contribution < -0.4 is 29.9 Å². The minimum Gasteiger partial charge on any atom is -0.457 e. The highest BCUT2D eigenvalue weighted by Gasteiger charge is 2.48. The van der Waals surface area contributed by atoms with E-state index in [9.17, 15) is 0 Å². The van der Waals surface area contributed by atoms with Gasteiger partial charge in [0.2, 0.25) is 0 Å². The summed E-state index contributed by atoms with van der Waals surface area (Å²) < 4.78 is 13.8. The Balaban J connectivity index is 1.51. The molecule has 0 aliphatic carbocycles. The molecule has 5 aromatic carbocycles. The number of rotatable bonds is 1. The lowest BCUT2D eigenvalue weighted by Gasteiger charge is -2.45. The molecule has 197 valence electrons. The molecule has 0 aromatic heterocycles. The third-order valence-corrected chi connectivity index (χ3v) is 11.5. The Hall–Kier alpha value is -4.02. The zero-order valence-electron chi connectivity index (χ0n) is 23.8. The van der Waals surface area contributed by atoms with Crippen LogP contribution >= 0.6 is 0 Å². The zero-order valence-corrected chi connectivity index (χ0v) is 24.8. The molecule has 0 atom stereocenters. The van der Waals surface area contributed by atoms with E-state index in [1.165, 1.54) is 48.8 Å². The topological polar surface area (TPSA) is 21.7 Å². The highest BCUT2D eigenvalue weighted by atomic mass is 28.3. The van der Waals surface area contributed by atoms with Crippen molar-refractivity contribution in [1.82, 2.24) is 0 Å². The molecule has 0 unspecified atom stereocenters. The number of nitrogens with zero attached hydrogens (tertiary/aromatic N) is 1.